The Kier molecular flexibility index (Phi) is 4.26. The molecule has 0 saturated heterocycles. The molecule has 0 unspecified atom stereocenters. The fourth-order valence-corrected chi connectivity index (χ4v) is 1.93. The molecule has 0 spiro atoms. The first kappa shape index (κ1) is 13.7. The summed E-state index contributed by atoms with van der Waals surface area (Å²) in [7, 11) is 1.57. The van der Waals surface area contributed by atoms with Gasteiger partial charge in [0.15, 0.2) is 0 Å². The third-order valence-corrected chi connectivity index (χ3v) is 3.33. The van der Waals surface area contributed by atoms with Crippen LogP contribution >= 0.6 is 22.6 Å². The third-order valence-electron chi connectivity index (χ3n) is 2.62. The van der Waals surface area contributed by atoms with Crippen LogP contribution in [-0.4, -0.2) is 13.0 Å². The second kappa shape index (κ2) is 5.92. The maximum absolute atomic E-state index is 12.1. The van der Waals surface area contributed by atoms with E-state index < -0.39 is 0 Å². The van der Waals surface area contributed by atoms with Gasteiger partial charge in [0.1, 0.15) is 5.75 Å². The van der Waals surface area contributed by atoms with Crippen molar-refractivity contribution in [3.05, 3.63) is 51.6 Å². The highest BCUT2D eigenvalue weighted by Crippen LogP contribution is 2.24. The van der Waals surface area contributed by atoms with Crippen LogP contribution in [0, 0.1) is 3.57 Å². The average molecular weight is 368 g/mol. The number of carbonyl (C=O) groups excluding carboxylic acids is 1. The first-order valence-electron chi connectivity index (χ1n) is 5.60. The van der Waals surface area contributed by atoms with Crippen LogP contribution in [0.25, 0.3) is 0 Å². The number of hydrogen-bond donors (Lipinski definition) is 2. The van der Waals surface area contributed by atoms with Crippen LogP contribution in [0.2, 0.25) is 0 Å². The van der Waals surface area contributed by atoms with Crippen molar-refractivity contribution in [2.75, 3.05) is 18.2 Å². The zero-order valence-corrected chi connectivity index (χ0v) is 12.5. The number of ether oxygens (including phenoxy) is 1. The first-order valence-corrected chi connectivity index (χ1v) is 6.68. The zero-order chi connectivity index (χ0) is 13.8. The van der Waals surface area contributed by atoms with Crippen LogP contribution < -0.4 is 15.8 Å². The Balaban J connectivity index is 2.21. The summed E-state index contributed by atoms with van der Waals surface area (Å²) < 4.78 is 6.18. The lowest BCUT2D eigenvalue weighted by Crippen LogP contribution is -2.13. The number of halogens is 1. The number of nitrogen functional groups attached to an aromatic ring is 1. The molecular weight excluding hydrogens is 355 g/mol. The maximum atomic E-state index is 12.1. The molecule has 2 aromatic carbocycles. The van der Waals surface area contributed by atoms with E-state index >= 15 is 0 Å². The molecule has 98 valence electrons. The summed E-state index contributed by atoms with van der Waals surface area (Å²) in [5.74, 6) is 0.448. The van der Waals surface area contributed by atoms with Gasteiger partial charge in [0.05, 0.1) is 18.5 Å². The van der Waals surface area contributed by atoms with Gasteiger partial charge in [-0.25, -0.2) is 0 Å². The van der Waals surface area contributed by atoms with E-state index in [1.165, 1.54) is 0 Å². The number of anilines is 2. The van der Waals surface area contributed by atoms with Crippen molar-refractivity contribution in [1.82, 2.24) is 0 Å². The number of amides is 1. The van der Waals surface area contributed by atoms with Crippen molar-refractivity contribution in [2.45, 2.75) is 0 Å². The summed E-state index contributed by atoms with van der Waals surface area (Å²) in [6.07, 6.45) is 0. The smallest absolute Gasteiger partial charge is 0.255 e. The lowest BCUT2D eigenvalue weighted by Gasteiger charge is -2.10. The molecule has 0 radical (unpaired) electrons. The number of nitrogens with two attached hydrogens (primary N) is 1. The van der Waals surface area contributed by atoms with Crippen LogP contribution in [0.4, 0.5) is 11.4 Å². The molecular formula is C14H13IN2O2. The summed E-state index contributed by atoms with van der Waals surface area (Å²) >= 11 is 2.19. The van der Waals surface area contributed by atoms with Gasteiger partial charge in [0.25, 0.3) is 5.91 Å². The van der Waals surface area contributed by atoms with E-state index in [-0.39, 0.29) is 5.91 Å². The Morgan fingerprint density at radius 1 is 1.21 bits per heavy atom. The van der Waals surface area contributed by atoms with Gasteiger partial charge in [-0.15, -0.1) is 0 Å². The van der Waals surface area contributed by atoms with E-state index in [2.05, 4.69) is 27.9 Å². The van der Waals surface area contributed by atoms with Crippen molar-refractivity contribution in [3.8, 4) is 5.75 Å². The molecule has 0 atom stereocenters. The zero-order valence-electron chi connectivity index (χ0n) is 10.3. The minimum Gasteiger partial charge on any atom is -0.497 e. The molecule has 0 aliphatic heterocycles. The number of methoxy groups -OCH3 is 1. The van der Waals surface area contributed by atoms with E-state index in [0.29, 0.717) is 22.7 Å². The monoisotopic (exact) mass is 368 g/mol. The summed E-state index contributed by atoms with van der Waals surface area (Å²) in [5.41, 5.74) is 7.45. The predicted octanol–water partition coefficient (Wildman–Crippen LogP) is 3.13. The molecule has 0 fully saturated rings. The normalized spacial score (nSPS) is 10.0. The number of carbonyl (C=O) groups is 1. The van der Waals surface area contributed by atoms with Gasteiger partial charge in [-0.05, 0) is 59.0 Å². The summed E-state index contributed by atoms with van der Waals surface area (Å²) in [4.78, 5) is 12.1. The largest absolute Gasteiger partial charge is 0.497 e. The van der Waals surface area contributed by atoms with Crippen LogP contribution in [0.1, 0.15) is 10.4 Å². The highest BCUT2D eigenvalue weighted by Gasteiger charge is 2.08. The van der Waals surface area contributed by atoms with Gasteiger partial charge in [-0.3, -0.25) is 4.79 Å². The number of rotatable bonds is 3. The number of nitrogens with one attached hydrogen (secondary N) is 1. The standard InChI is InChI=1S/C14H13IN2O2/c1-19-11-6-7-12(16)13(8-11)17-14(18)9-2-4-10(15)5-3-9/h2-8H,16H2,1H3,(H,17,18). The highest BCUT2D eigenvalue weighted by molar-refractivity contribution is 14.1. The summed E-state index contributed by atoms with van der Waals surface area (Å²) in [6.45, 7) is 0. The molecule has 0 saturated carbocycles. The molecule has 0 aliphatic carbocycles. The number of benzene rings is 2. The SMILES string of the molecule is COc1ccc(N)c(NC(=O)c2ccc(I)cc2)c1. The molecule has 4 nitrogen and oxygen atoms in total. The van der Waals surface area contributed by atoms with Gasteiger partial charge in [-0.2, -0.15) is 0 Å². The number of hydrogen-bond acceptors (Lipinski definition) is 3. The molecule has 2 aromatic rings. The van der Waals surface area contributed by atoms with Crippen LogP contribution in [0.3, 0.4) is 0 Å². The fourth-order valence-electron chi connectivity index (χ4n) is 1.57. The van der Waals surface area contributed by atoms with Crippen molar-refractivity contribution in [2.24, 2.45) is 0 Å². The van der Waals surface area contributed by atoms with Crippen LogP contribution in [0.5, 0.6) is 5.75 Å². The van der Waals surface area contributed by atoms with E-state index in [1.54, 1.807) is 37.4 Å². The average Bonchev–Trinajstić information content (AvgIpc) is 2.42. The summed E-state index contributed by atoms with van der Waals surface area (Å²) in [5, 5.41) is 2.77. The van der Waals surface area contributed by atoms with Crippen molar-refractivity contribution >= 4 is 39.9 Å². The van der Waals surface area contributed by atoms with Gasteiger partial charge in [-0.1, -0.05) is 0 Å². The Morgan fingerprint density at radius 2 is 1.89 bits per heavy atom. The van der Waals surface area contributed by atoms with Crippen LogP contribution in [-0.2, 0) is 0 Å². The molecule has 5 heteroatoms. The fraction of sp³-hybridized carbons (Fsp3) is 0.0714. The molecule has 19 heavy (non-hydrogen) atoms. The minimum absolute atomic E-state index is 0.198. The molecule has 3 N–H and O–H groups in total. The summed E-state index contributed by atoms with van der Waals surface area (Å²) in [6, 6.07) is 12.4. The Morgan fingerprint density at radius 3 is 2.53 bits per heavy atom. The third kappa shape index (κ3) is 3.37. The van der Waals surface area contributed by atoms with Gasteiger partial charge < -0.3 is 15.8 Å². The van der Waals surface area contributed by atoms with Gasteiger partial charge in [0, 0.05) is 15.2 Å². The van der Waals surface area contributed by atoms with E-state index in [0.717, 1.165) is 3.57 Å². The van der Waals surface area contributed by atoms with Crippen molar-refractivity contribution < 1.29 is 9.53 Å². The predicted molar refractivity (Wildman–Crippen MR) is 84.5 cm³/mol. The van der Waals surface area contributed by atoms with Crippen molar-refractivity contribution in [1.29, 1.82) is 0 Å². The van der Waals surface area contributed by atoms with Crippen molar-refractivity contribution in [3.63, 3.8) is 0 Å². The lowest BCUT2D eigenvalue weighted by atomic mass is 10.2. The second-order valence-electron chi connectivity index (χ2n) is 3.91. The molecule has 0 aliphatic rings. The first-order chi connectivity index (χ1) is 9.10. The van der Waals surface area contributed by atoms with E-state index in [1.807, 2.05) is 12.1 Å². The van der Waals surface area contributed by atoms with E-state index in [9.17, 15) is 4.79 Å². The quantitative estimate of drug-likeness (QED) is 0.646. The van der Waals surface area contributed by atoms with Crippen LogP contribution in [0.15, 0.2) is 42.5 Å². The molecule has 2 rings (SSSR count). The van der Waals surface area contributed by atoms with Gasteiger partial charge in [0.2, 0.25) is 0 Å². The Bertz CT molecular complexity index is 597. The topological polar surface area (TPSA) is 64.3 Å². The minimum atomic E-state index is -0.198. The Hall–Kier alpha value is -1.76. The molecule has 0 bridgehead atoms. The molecule has 0 heterocycles. The molecule has 0 aromatic heterocycles. The second-order valence-corrected chi connectivity index (χ2v) is 5.16. The van der Waals surface area contributed by atoms with E-state index in [4.69, 9.17) is 10.5 Å². The van der Waals surface area contributed by atoms with Gasteiger partial charge >= 0.3 is 0 Å². The molecule has 1 amide bonds. The Labute approximate surface area is 125 Å². The maximum Gasteiger partial charge on any atom is 0.255 e. The lowest BCUT2D eigenvalue weighted by molar-refractivity contribution is 0.102. The highest BCUT2D eigenvalue weighted by atomic mass is 127.